The molecular weight excluding hydrogens is 224 g/mol. The van der Waals surface area contributed by atoms with Crippen LogP contribution in [0.25, 0.3) is 0 Å². The van der Waals surface area contributed by atoms with Gasteiger partial charge < -0.3 is 10.3 Å². The summed E-state index contributed by atoms with van der Waals surface area (Å²) in [6, 6.07) is 0. The fourth-order valence-corrected chi connectivity index (χ4v) is 2.31. The van der Waals surface area contributed by atoms with E-state index in [-0.39, 0.29) is 5.91 Å². The molecule has 0 aromatic carbocycles. The van der Waals surface area contributed by atoms with Crippen LogP contribution < -0.4 is 5.73 Å². The van der Waals surface area contributed by atoms with Crippen LogP contribution in [0, 0.1) is 0 Å². The van der Waals surface area contributed by atoms with Crippen molar-refractivity contribution in [3.63, 3.8) is 0 Å². The van der Waals surface area contributed by atoms with Crippen molar-refractivity contribution in [3.05, 3.63) is 5.82 Å². The summed E-state index contributed by atoms with van der Waals surface area (Å²) in [6.45, 7) is 2.69. The van der Waals surface area contributed by atoms with Crippen LogP contribution in [0.1, 0.15) is 37.9 Å². The summed E-state index contributed by atoms with van der Waals surface area (Å²) < 4.78 is 2.05. The minimum atomic E-state index is -0.275. The van der Waals surface area contributed by atoms with Gasteiger partial charge in [0.15, 0.2) is 5.16 Å². The number of carbonyl (C=O) groups excluding carboxylic acids is 1. The van der Waals surface area contributed by atoms with E-state index in [1.54, 1.807) is 11.8 Å². The number of nitrogens with zero attached hydrogens (tertiary/aromatic N) is 3. The molecule has 0 atom stereocenters. The molecule has 1 heterocycles. The molecular formula is C10H16N4OS. The standard InChI is InChI=1S/C10H16N4OS/c1-2-16-10-13-12-9(7-3-4-7)14(10)6-5-8(11)15/h7H,2-6H2,1H3,(H2,11,15). The Labute approximate surface area is 98.8 Å². The highest BCUT2D eigenvalue weighted by Crippen LogP contribution is 2.40. The number of hydrogen-bond acceptors (Lipinski definition) is 4. The molecule has 0 bridgehead atoms. The predicted octanol–water partition coefficient (Wildman–Crippen LogP) is 1.14. The molecule has 0 aliphatic heterocycles. The summed E-state index contributed by atoms with van der Waals surface area (Å²) >= 11 is 1.66. The number of nitrogens with two attached hydrogens (primary N) is 1. The summed E-state index contributed by atoms with van der Waals surface area (Å²) in [5.74, 6) is 2.26. The zero-order valence-electron chi connectivity index (χ0n) is 9.35. The molecule has 5 nitrogen and oxygen atoms in total. The fourth-order valence-electron chi connectivity index (χ4n) is 1.61. The van der Waals surface area contributed by atoms with Crippen molar-refractivity contribution in [2.75, 3.05) is 5.75 Å². The van der Waals surface area contributed by atoms with Crippen LogP contribution in [0.15, 0.2) is 5.16 Å². The molecule has 0 spiro atoms. The Balaban J connectivity index is 2.15. The Kier molecular flexibility index (Phi) is 3.48. The third-order valence-electron chi connectivity index (χ3n) is 2.54. The number of rotatable bonds is 6. The average molecular weight is 240 g/mol. The van der Waals surface area contributed by atoms with E-state index in [1.807, 2.05) is 0 Å². The Hall–Kier alpha value is -1.04. The predicted molar refractivity (Wildman–Crippen MR) is 62.2 cm³/mol. The normalized spacial score (nSPS) is 15.3. The first-order valence-electron chi connectivity index (χ1n) is 5.56. The fraction of sp³-hybridized carbons (Fsp3) is 0.700. The van der Waals surface area contributed by atoms with Crippen LogP contribution in [0.2, 0.25) is 0 Å². The maximum atomic E-state index is 10.8. The molecule has 6 heteroatoms. The molecule has 1 aliphatic carbocycles. The van der Waals surface area contributed by atoms with E-state index < -0.39 is 0 Å². The van der Waals surface area contributed by atoms with Gasteiger partial charge in [0.2, 0.25) is 5.91 Å². The quantitative estimate of drug-likeness (QED) is 0.757. The lowest BCUT2D eigenvalue weighted by Crippen LogP contribution is -2.15. The second-order valence-electron chi connectivity index (χ2n) is 3.92. The summed E-state index contributed by atoms with van der Waals surface area (Å²) in [5.41, 5.74) is 5.17. The summed E-state index contributed by atoms with van der Waals surface area (Å²) in [5, 5.41) is 9.29. The van der Waals surface area contributed by atoms with Crippen molar-refractivity contribution in [3.8, 4) is 0 Å². The SMILES string of the molecule is CCSc1nnc(C2CC2)n1CCC(N)=O. The second-order valence-corrected chi connectivity index (χ2v) is 5.15. The van der Waals surface area contributed by atoms with Gasteiger partial charge in [-0.3, -0.25) is 4.79 Å². The number of carbonyl (C=O) groups is 1. The van der Waals surface area contributed by atoms with Crippen molar-refractivity contribution >= 4 is 17.7 Å². The van der Waals surface area contributed by atoms with Gasteiger partial charge in [0.05, 0.1) is 0 Å². The van der Waals surface area contributed by atoms with Gasteiger partial charge in [-0.05, 0) is 18.6 Å². The number of hydrogen-bond donors (Lipinski definition) is 1. The molecule has 0 saturated heterocycles. The molecule has 1 fully saturated rings. The van der Waals surface area contributed by atoms with Gasteiger partial charge in [-0.1, -0.05) is 18.7 Å². The first-order chi connectivity index (χ1) is 7.72. The van der Waals surface area contributed by atoms with Crippen LogP contribution in [-0.2, 0) is 11.3 Å². The number of aromatic nitrogens is 3. The monoisotopic (exact) mass is 240 g/mol. The van der Waals surface area contributed by atoms with Crippen LogP contribution >= 0.6 is 11.8 Å². The topological polar surface area (TPSA) is 73.8 Å². The molecule has 2 rings (SSSR count). The molecule has 88 valence electrons. The molecule has 2 N–H and O–H groups in total. The van der Waals surface area contributed by atoms with Crippen molar-refractivity contribution in [2.45, 2.75) is 43.8 Å². The van der Waals surface area contributed by atoms with Gasteiger partial charge in [-0.25, -0.2) is 0 Å². The largest absolute Gasteiger partial charge is 0.370 e. The van der Waals surface area contributed by atoms with Gasteiger partial charge in [-0.15, -0.1) is 10.2 Å². The van der Waals surface area contributed by atoms with Crippen LogP contribution in [0.4, 0.5) is 0 Å². The van der Waals surface area contributed by atoms with Crippen molar-refractivity contribution in [1.82, 2.24) is 14.8 Å². The van der Waals surface area contributed by atoms with Crippen LogP contribution in [-0.4, -0.2) is 26.4 Å². The summed E-state index contributed by atoms with van der Waals surface area (Å²) in [4.78, 5) is 10.8. The highest BCUT2D eigenvalue weighted by atomic mass is 32.2. The maximum absolute atomic E-state index is 10.8. The van der Waals surface area contributed by atoms with E-state index in [1.165, 1.54) is 12.8 Å². The molecule has 0 unspecified atom stereocenters. The number of thioether (sulfide) groups is 1. The van der Waals surface area contributed by atoms with Gasteiger partial charge in [-0.2, -0.15) is 0 Å². The van der Waals surface area contributed by atoms with Crippen molar-refractivity contribution in [1.29, 1.82) is 0 Å². The Morgan fingerprint density at radius 1 is 1.56 bits per heavy atom. The molecule has 1 aromatic rings. The minimum absolute atomic E-state index is 0.275. The van der Waals surface area contributed by atoms with Gasteiger partial charge in [0.25, 0.3) is 0 Å². The Morgan fingerprint density at radius 3 is 2.88 bits per heavy atom. The highest BCUT2D eigenvalue weighted by molar-refractivity contribution is 7.99. The Bertz CT molecular complexity index is 386. The summed E-state index contributed by atoms with van der Waals surface area (Å²) in [7, 11) is 0. The maximum Gasteiger partial charge on any atom is 0.219 e. The zero-order chi connectivity index (χ0) is 11.5. The second kappa shape index (κ2) is 4.86. The van der Waals surface area contributed by atoms with Gasteiger partial charge >= 0.3 is 0 Å². The first-order valence-corrected chi connectivity index (χ1v) is 6.55. The molecule has 0 radical (unpaired) electrons. The van der Waals surface area contributed by atoms with E-state index in [9.17, 15) is 4.79 Å². The van der Waals surface area contributed by atoms with E-state index >= 15 is 0 Å². The molecule has 1 saturated carbocycles. The summed E-state index contributed by atoms with van der Waals surface area (Å²) in [6.07, 6.45) is 2.73. The van der Waals surface area contributed by atoms with Crippen molar-refractivity contribution in [2.24, 2.45) is 5.73 Å². The molecule has 1 aromatic heterocycles. The average Bonchev–Trinajstić information content (AvgIpc) is 3.00. The van der Waals surface area contributed by atoms with Crippen LogP contribution in [0.5, 0.6) is 0 Å². The highest BCUT2D eigenvalue weighted by Gasteiger charge is 2.30. The number of primary amides is 1. The van der Waals surface area contributed by atoms with Crippen molar-refractivity contribution < 1.29 is 4.79 Å². The lowest BCUT2D eigenvalue weighted by atomic mass is 10.3. The lowest BCUT2D eigenvalue weighted by Gasteiger charge is -2.07. The van der Waals surface area contributed by atoms with E-state index in [0.29, 0.717) is 18.9 Å². The van der Waals surface area contributed by atoms with Gasteiger partial charge in [0, 0.05) is 18.9 Å². The van der Waals surface area contributed by atoms with Gasteiger partial charge in [0.1, 0.15) is 5.82 Å². The van der Waals surface area contributed by atoms with E-state index in [2.05, 4.69) is 21.7 Å². The third kappa shape index (κ3) is 2.55. The molecule has 1 amide bonds. The lowest BCUT2D eigenvalue weighted by molar-refractivity contribution is -0.118. The van der Waals surface area contributed by atoms with Crippen LogP contribution in [0.3, 0.4) is 0 Å². The third-order valence-corrected chi connectivity index (χ3v) is 3.39. The van der Waals surface area contributed by atoms with E-state index in [4.69, 9.17) is 5.73 Å². The van der Waals surface area contributed by atoms with E-state index in [0.717, 1.165) is 16.7 Å². The molecule has 16 heavy (non-hydrogen) atoms. The minimum Gasteiger partial charge on any atom is -0.370 e. The first kappa shape index (κ1) is 11.4. The number of amides is 1. The Morgan fingerprint density at radius 2 is 2.31 bits per heavy atom. The zero-order valence-corrected chi connectivity index (χ0v) is 10.2. The molecule has 1 aliphatic rings. The smallest absolute Gasteiger partial charge is 0.219 e.